The van der Waals surface area contributed by atoms with E-state index in [2.05, 4.69) is 0 Å². The molecule has 6 nitrogen and oxygen atoms in total. The van der Waals surface area contributed by atoms with Gasteiger partial charge in [0.1, 0.15) is 6.54 Å². The first-order valence-electron chi connectivity index (χ1n) is 4.77. The Balaban J connectivity index is 2.71. The van der Waals surface area contributed by atoms with Gasteiger partial charge in [0, 0.05) is 6.54 Å². The number of hydrogen-bond acceptors (Lipinski definition) is 4. The first kappa shape index (κ1) is 13.2. The van der Waals surface area contributed by atoms with Crippen molar-refractivity contribution >= 4 is 29.2 Å². The van der Waals surface area contributed by atoms with Crippen molar-refractivity contribution in [1.82, 2.24) is 4.90 Å². The lowest BCUT2D eigenvalue weighted by atomic mass is 10.3. The zero-order valence-corrected chi connectivity index (χ0v) is 9.64. The van der Waals surface area contributed by atoms with Gasteiger partial charge < -0.3 is 15.1 Å². The highest BCUT2D eigenvalue weighted by Gasteiger charge is 2.19. The maximum atomic E-state index is 11.8. The van der Waals surface area contributed by atoms with E-state index in [0.717, 1.165) is 4.90 Å². The highest BCUT2D eigenvalue weighted by Crippen LogP contribution is 2.12. The van der Waals surface area contributed by atoms with Crippen LogP contribution < -0.4 is 0 Å². The van der Waals surface area contributed by atoms with Crippen LogP contribution >= 0.6 is 11.3 Å². The molecule has 0 aromatic carbocycles. The molecule has 1 heterocycles. The van der Waals surface area contributed by atoms with Crippen molar-refractivity contribution < 1.29 is 24.6 Å². The summed E-state index contributed by atoms with van der Waals surface area (Å²) < 4.78 is 0. The van der Waals surface area contributed by atoms with Crippen LogP contribution in [0.15, 0.2) is 17.5 Å². The van der Waals surface area contributed by atoms with E-state index in [1.54, 1.807) is 17.5 Å². The molecule has 0 bridgehead atoms. The number of carboxylic acid groups (broad SMARTS) is 2. The Bertz CT molecular complexity index is 414. The normalized spacial score (nSPS) is 9.88. The van der Waals surface area contributed by atoms with Crippen molar-refractivity contribution in [2.24, 2.45) is 0 Å². The topological polar surface area (TPSA) is 94.9 Å². The van der Waals surface area contributed by atoms with E-state index >= 15 is 0 Å². The molecule has 0 aliphatic carbocycles. The largest absolute Gasteiger partial charge is 0.481 e. The highest BCUT2D eigenvalue weighted by atomic mass is 32.1. The number of hydrogen-bond donors (Lipinski definition) is 2. The fraction of sp³-hybridized carbons (Fsp3) is 0.300. The Morgan fingerprint density at radius 3 is 2.41 bits per heavy atom. The van der Waals surface area contributed by atoms with E-state index in [9.17, 15) is 14.4 Å². The minimum Gasteiger partial charge on any atom is -0.481 e. The predicted molar refractivity (Wildman–Crippen MR) is 60.1 cm³/mol. The van der Waals surface area contributed by atoms with Crippen LogP contribution in [0.2, 0.25) is 0 Å². The molecule has 1 aromatic heterocycles. The van der Waals surface area contributed by atoms with Crippen LogP contribution in [0.1, 0.15) is 16.1 Å². The highest BCUT2D eigenvalue weighted by molar-refractivity contribution is 7.12. The molecule has 1 amide bonds. The summed E-state index contributed by atoms with van der Waals surface area (Å²) in [5, 5.41) is 18.9. The standard InChI is InChI=1S/C10H11NO5S/c12-8(13)3-4-11(6-9(14)15)10(16)7-2-1-5-17-7/h1-2,5H,3-4,6H2,(H,12,13)(H,14,15). The number of nitrogens with zero attached hydrogens (tertiary/aromatic N) is 1. The van der Waals surface area contributed by atoms with Crippen LogP contribution in [-0.2, 0) is 9.59 Å². The molecule has 0 aliphatic heterocycles. The second-order valence-corrected chi connectivity index (χ2v) is 4.19. The summed E-state index contributed by atoms with van der Waals surface area (Å²) in [6.07, 6.45) is -0.273. The van der Waals surface area contributed by atoms with Crippen molar-refractivity contribution in [3.05, 3.63) is 22.4 Å². The lowest BCUT2D eigenvalue weighted by Gasteiger charge is -2.18. The van der Waals surface area contributed by atoms with Crippen molar-refractivity contribution in [2.45, 2.75) is 6.42 Å². The Labute approximate surface area is 101 Å². The molecular formula is C10H11NO5S. The number of rotatable bonds is 6. The van der Waals surface area contributed by atoms with E-state index < -0.39 is 24.4 Å². The van der Waals surface area contributed by atoms with Crippen molar-refractivity contribution in [2.75, 3.05) is 13.1 Å². The van der Waals surface area contributed by atoms with E-state index in [0.29, 0.717) is 4.88 Å². The number of thiophene rings is 1. The zero-order chi connectivity index (χ0) is 12.8. The van der Waals surface area contributed by atoms with Gasteiger partial charge in [-0.05, 0) is 11.4 Å². The molecule has 0 aliphatic rings. The molecule has 1 aromatic rings. The molecule has 0 saturated carbocycles. The molecule has 0 spiro atoms. The molecule has 0 radical (unpaired) electrons. The van der Waals surface area contributed by atoms with Gasteiger partial charge in [-0.3, -0.25) is 14.4 Å². The molecule has 17 heavy (non-hydrogen) atoms. The smallest absolute Gasteiger partial charge is 0.323 e. The Morgan fingerprint density at radius 1 is 1.24 bits per heavy atom. The van der Waals surface area contributed by atoms with Gasteiger partial charge >= 0.3 is 11.9 Å². The Kier molecular flexibility index (Phi) is 4.65. The van der Waals surface area contributed by atoms with Crippen LogP contribution in [0.4, 0.5) is 0 Å². The van der Waals surface area contributed by atoms with Crippen LogP contribution in [0.3, 0.4) is 0 Å². The Hall–Kier alpha value is -1.89. The summed E-state index contributed by atoms with van der Waals surface area (Å²) in [5.74, 6) is -2.69. The Morgan fingerprint density at radius 2 is 1.94 bits per heavy atom. The number of carbonyl (C=O) groups is 3. The number of amides is 1. The first-order chi connectivity index (χ1) is 8.00. The SMILES string of the molecule is O=C(O)CCN(CC(=O)O)C(=O)c1cccs1. The van der Waals surface area contributed by atoms with Gasteiger partial charge in [-0.1, -0.05) is 6.07 Å². The van der Waals surface area contributed by atoms with E-state index in [-0.39, 0.29) is 13.0 Å². The predicted octanol–water partition coefficient (Wildman–Crippen LogP) is 0.750. The minimum atomic E-state index is -1.17. The van der Waals surface area contributed by atoms with Crippen molar-refractivity contribution in [3.63, 3.8) is 0 Å². The van der Waals surface area contributed by atoms with E-state index in [1.807, 2.05) is 0 Å². The van der Waals surface area contributed by atoms with Gasteiger partial charge in [-0.2, -0.15) is 0 Å². The van der Waals surface area contributed by atoms with Gasteiger partial charge in [-0.15, -0.1) is 11.3 Å². The second-order valence-electron chi connectivity index (χ2n) is 3.24. The van der Waals surface area contributed by atoms with E-state index in [4.69, 9.17) is 10.2 Å². The number of carboxylic acids is 2. The monoisotopic (exact) mass is 257 g/mol. The summed E-state index contributed by atoms with van der Waals surface area (Å²) >= 11 is 1.19. The average molecular weight is 257 g/mol. The molecular weight excluding hydrogens is 246 g/mol. The first-order valence-corrected chi connectivity index (χ1v) is 5.65. The summed E-state index contributed by atoms with van der Waals surface area (Å²) in [6.45, 7) is -0.609. The second kappa shape index (κ2) is 6.00. The molecule has 0 saturated heterocycles. The lowest BCUT2D eigenvalue weighted by molar-refractivity contribution is -0.140. The van der Waals surface area contributed by atoms with Crippen molar-refractivity contribution in [3.8, 4) is 0 Å². The molecule has 7 heteroatoms. The summed E-state index contributed by atoms with van der Waals surface area (Å²) in [7, 11) is 0. The zero-order valence-electron chi connectivity index (χ0n) is 8.83. The number of aliphatic carboxylic acids is 2. The fourth-order valence-corrected chi connectivity index (χ4v) is 1.89. The molecule has 2 N–H and O–H groups in total. The third-order valence-corrected chi connectivity index (χ3v) is 2.80. The quantitative estimate of drug-likeness (QED) is 0.784. The van der Waals surface area contributed by atoms with Crippen LogP contribution in [0.25, 0.3) is 0 Å². The molecule has 1 rings (SSSR count). The summed E-state index contributed by atoms with van der Waals surface area (Å²) in [6, 6.07) is 3.25. The van der Waals surface area contributed by atoms with Gasteiger partial charge in [0.15, 0.2) is 0 Å². The number of carbonyl (C=O) groups excluding carboxylic acids is 1. The molecule has 0 unspecified atom stereocenters. The van der Waals surface area contributed by atoms with Crippen LogP contribution in [0.5, 0.6) is 0 Å². The van der Waals surface area contributed by atoms with E-state index in [1.165, 1.54) is 11.3 Å². The maximum Gasteiger partial charge on any atom is 0.323 e. The van der Waals surface area contributed by atoms with Gasteiger partial charge in [0.25, 0.3) is 5.91 Å². The van der Waals surface area contributed by atoms with Gasteiger partial charge in [0.2, 0.25) is 0 Å². The minimum absolute atomic E-state index is 0.113. The molecule has 0 atom stereocenters. The lowest BCUT2D eigenvalue weighted by Crippen LogP contribution is -2.36. The van der Waals surface area contributed by atoms with Crippen LogP contribution in [0, 0.1) is 0 Å². The average Bonchev–Trinajstić information content (AvgIpc) is 2.75. The third-order valence-electron chi connectivity index (χ3n) is 1.94. The van der Waals surface area contributed by atoms with Crippen LogP contribution in [-0.4, -0.2) is 46.0 Å². The maximum absolute atomic E-state index is 11.8. The molecule has 0 fully saturated rings. The summed E-state index contributed by atoms with van der Waals surface area (Å²) in [4.78, 5) is 34.3. The summed E-state index contributed by atoms with van der Waals surface area (Å²) in [5.41, 5.74) is 0. The van der Waals surface area contributed by atoms with Crippen molar-refractivity contribution in [1.29, 1.82) is 0 Å². The van der Waals surface area contributed by atoms with Gasteiger partial charge in [-0.25, -0.2) is 0 Å². The van der Waals surface area contributed by atoms with Gasteiger partial charge in [0.05, 0.1) is 11.3 Å². The molecule has 92 valence electrons. The third kappa shape index (κ3) is 4.23. The fourth-order valence-electron chi connectivity index (χ4n) is 1.20.